The van der Waals surface area contributed by atoms with Crippen molar-refractivity contribution in [3.63, 3.8) is 0 Å². The van der Waals surface area contributed by atoms with E-state index in [0.29, 0.717) is 22.9 Å². The molecule has 2 N–H and O–H groups in total. The van der Waals surface area contributed by atoms with Gasteiger partial charge in [0.05, 0.1) is 10.6 Å². The van der Waals surface area contributed by atoms with E-state index < -0.39 is 5.97 Å². The predicted molar refractivity (Wildman–Crippen MR) is 108 cm³/mol. The van der Waals surface area contributed by atoms with Crippen molar-refractivity contribution in [2.75, 3.05) is 5.32 Å². The largest absolute Gasteiger partial charge is 0.489 e. The fraction of sp³-hybridized carbons (Fsp3) is 0.136. The second kappa shape index (κ2) is 8.76. The second-order valence-corrected chi connectivity index (χ2v) is 6.77. The summed E-state index contributed by atoms with van der Waals surface area (Å²) in [6.45, 7) is 2.66. The van der Waals surface area contributed by atoms with Crippen LogP contribution in [0.2, 0.25) is 5.02 Å². The van der Waals surface area contributed by atoms with Crippen molar-refractivity contribution >= 4 is 23.3 Å². The lowest BCUT2D eigenvalue weighted by Crippen LogP contribution is -2.04. The molecular formula is C22H19ClFNO3. The highest BCUT2D eigenvalue weighted by atomic mass is 35.5. The van der Waals surface area contributed by atoms with Gasteiger partial charge in [-0.1, -0.05) is 29.8 Å². The van der Waals surface area contributed by atoms with Crippen LogP contribution < -0.4 is 10.1 Å². The summed E-state index contributed by atoms with van der Waals surface area (Å²) in [7, 11) is 0. The Balaban J connectivity index is 1.62. The maximum absolute atomic E-state index is 13.1. The highest BCUT2D eigenvalue weighted by Gasteiger charge is 2.07. The highest BCUT2D eigenvalue weighted by Crippen LogP contribution is 2.22. The second-order valence-electron chi connectivity index (χ2n) is 6.36. The lowest BCUT2D eigenvalue weighted by atomic mass is 10.1. The number of benzene rings is 3. The summed E-state index contributed by atoms with van der Waals surface area (Å²) < 4.78 is 18.9. The first-order valence-electron chi connectivity index (χ1n) is 8.66. The normalized spacial score (nSPS) is 10.5. The summed E-state index contributed by atoms with van der Waals surface area (Å²) in [6.07, 6.45) is 0. The van der Waals surface area contributed by atoms with Gasteiger partial charge in [0.1, 0.15) is 18.2 Å². The molecule has 0 spiro atoms. The first-order chi connectivity index (χ1) is 13.4. The summed E-state index contributed by atoms with van der Waals surface area (Å²) in [5, 5.41) is 12.7. The van der Waals surface area contributed by atoms with Gasteiger partial charge in [-0.3, -0.25) is 0 Å². The predicted octanol–water partition coefficient (Wildman–Crippen LogP) is 5.68. The summed E-state index contributed by atoms with van der Waals surface area (Å²) >= 11 is 6.02. The van der Waals surface area contributed by atoms with Crippen LogP contribution in [0.5, 0.6) is 5.75 Å². The molecule has 0 saturated heterocycles. The molecule has 3 aromatic rings. The molecule has 0 aliphatic heterocycles. The number of carbonyl (C=O) groups is 1. The Morgan fingerprint density at radius 3 is 2.68 bits per heavy atom. The van der Waals surface area contributed by atoms with E-state index in [9.17, 15) is 9.18 Å². The van der Waals surface area contributed by atoms with Crippen LogP contribution >= 0.6 is 11.6 Å². The van der Waals surface area contributed by atoms with Crippen molar-refractivity contribution in [3.8, 4) is 5.75 Å². The first kappa shape index (κ1) is 19.7. The van der Waals surface area contributed by atoms with E-state index in [0.717, 1.165) is 16.8 Å². The summed E-state index contributed by atoms with van der Waals surface area (Å²) in [6, 6.07) is 16.8. The van der Waals surface area contributed by atoms with Gasteiger partial charge in [-0.05, 0) is 60.5 Å². The monoisotopic (exact) mass is 399 g/mol. The molecule has 0 unspecified atom stereocenters. The molecule has 0 aromatic heterocycles. The minimum absolute atomic E-state index is 0.242. The maximum atomic E-state index is 13.1. The van der Waals surface area contributed by atoms with Gasteiger partial charge >= 0.3 is 5.97 Å². The third-order valence-corrected chi connectivity index (χ3v) is 4.62. The molecule has 0 saturated carbocycles. The van der Waals surface area contributed by atoms with Crippen LogP contribution in [0.25, 0.3) is 0 Å². The Labute approximate surface area is 167 Å². The number of hydrogen-bond acceptors (Lipinski definition) is 3. The van der Waals surface area contributed by atoms with E-state index >= 15 is 0 Å². The fourth-order valence-electron chi connectivity index (χ4n) is 2.74. The molecule has 4 nitrogen and oxygen atoms in total. The third-order valence-electron chi connectivity index (χ3n) is 4.26. The molecule has 6 heteroatoms. The van der Waals surface area contributed by atoms with E-state index in [1.807, 2.05) is 31.2 Å². The van der Waals surface area contributed by atoms with E-state index in [4.69, 9.17) is 21.4 Å². The Hall–Kier alpha value is -3.05. The first-order valence-corrected chi connectivity index (χ1v) is 9.03. The lowest BCUT2D eigenvalue weighted by Gasteiger charge is -2.12. The Morgan fingerprint density at radius 1 is 1.14 bits per heavy atom. The van der Waals surface area contributed by atoms with Gasteiger partial charge in [0.15, 0.2) is 0 Å². The summed E-state index contributed by atoms with van der Waals surface area (Å²) in [5.41, 5.74) is 3.70. The fourth-order valence-corrected chi connectivity index (χ4v) is 2.96. The highest BCUT2D eigenvalue weighted by molar-refractivity contribution is 6.31. The number of carboxylic acid groups (broad SMARTS) is 1. The van der Waals surface area contributed by atoms with Crippen molar-refractivity contribution in [1.29, 1.82) is 0 Å². The zero-order valence-corrected chi connectivity index (χ0v) is 16.0. The molecule has 0 heterocycles. The minimum Gasteiger partial charge on any atom is -0.489 e. The zero-order chi connectivity index (χ0) is 20.1. The van der Waals surface area contributed by atoms with Gasteiger partial charge in [0.25, 0.3) is 0 Å². The topological polar surface area (TPSA) is 58.6 Å². The Morgan fingerprint density at radius 2 is 1.96 bits per heavy atom. The van der Waals surface area contributed by atoms with Gasteiger partial charge in [-0.25, -0.2) is 9.18 Å². The Bertz CT molecular complexity index is 1010. The molecule has 0 aliphatic rings. The molecule has 3 aromatic carbocycles. The number of carboxylic acids is 1. The van der Waals surface area contributed by atoms with Gasteiger partial charge in [-0.15, -0.1) is 0 Å². The number of anilines is 1. The van der Waals surface area contributed by atoms with Crippen molar-refractivity contribution in [2.45, 2.75) is 20.1 Å². The number of aromatic carboxylic acids is 1. The average molecular weight is 400 g/mol. The smallest absolute Gasteiger partial charge is 0.335 e. The van der Waals surface area contributed by atoms with Crippen LogP contribution in [0.15, 0.2) is 60.7 Å². The number of hydrogen-bond donors (Lipinski definition) is 2. The zero-order valence-electron chi connectivity index (χ0n) is 15.2. The van der Waals surface area contributed by atoms with E-state index in [2.05, 4.69) is 5.32 Å². The molecule has 28 heavy (non-hydrogen) atoms. The Kier molecular flexibility index (Phi) is 6.16. The van der Waals surface area contributed by atoms with Crippen LogP contribution in [0, 0.1) is 12.7 Å². The number of ether oxygens (including phenoxy) is 1. The van der Waals surface area contributed by atoms with Crippen LogP contribution in [-0.4, -0.2) is 11.1 Å². The van der Waals surface area contributed by atoms with Gasteiger partial charge in [-0.2, -0.15) is 0 Å². The van der Waals surface area contributed by atoms with Gasteiger partial charge in [0.2, 0.25) is 0 Å². The molecule has 0 radical (unpaired) electrons. The minimum atomic E-state index is -0.944. The molecular weight excluding hydrogens is 381 g/mol. The van der Waals surface area contributed by atoms with Gasteiger partial charge < -0.3 is 15.2 Å². The van der Waals surface area contributed by atoms with E-state index in [1.165, 1.54) is 12.1 Å². The van der Waals surface area contributed by atoms with Crippen LogP contribution in [-0.2, 0) is 13.2 Å². The van der Waals surface area contributed by atoms with Crippen LogP contribution in [0.1, 0.15) is 27.0 Å². The number of halogens is 2. The SMILES string of the molecule is Cc1cc(C(=O)O)ccc1NCc1cccc(OCc2ccc(F)cc2Cl)c1. The van der Waals surface area contributed by atoms with E-state index in [1.54, 1.807) is 24.3 Å². The maximum Gasteiger partial charge on any atom is 0.335 e. The van der Waals surface area contributed by atoms with Gasteiger partial charge in [0, 0.05) is 17.8 Å². The standard InChI is InChI=1S/C22H19ClFNO3/c1-14-9-16(22(26)27)6-8-21(14)25-12-15-3-2-4-19(10-15)28-13-17-5-7-18(24)11-20(17)23/h2-11,25H,12-13H2,1H3,(H,26,27). The lowest BCUT2D eigenvalue weighted by molar-refractivity contribution is 0.0697. The third kappa shape index (κ3) is 5.02. The molecule has 3 rings (SSSR count). The molecule has 0 aliphatic carbocycles. The van der Waals surface area contributed by atoms with Crippen molar-refractivity contribution in [2.24, 2.45) is 0 Å². The quantitative estimate of drug-likeness (QED) is 0.536. The molecule has 0 bridgehead atoms. The molecule has 144 valence electrons. The van der Waals surface area contributed by atoms with Crippen LogP contribution in [0.4, 0.5) is 10.1 Å². The van der Waals surface area contributed by atoms with Crippen molar-refractivity contribution < 1.29 is 19.0 Å². The summed E-state index contributed by atoms with van der Waals surface area (Å²) in [4.78, 5) is 11.0. The van der Waals surface area contributed by atoms with Crippen LogP contribution in [0.3, 0.4) is 0 Å². The molecule has 0 fully saturated rings. The molecule has 0 atom stereocenters. The number of aryl methyl sites for hydroxylation is 1. The van der Waals surface area contributed by atoms with Crippen molar-refractivity contribution in [3.05, 3.63) is 93.8 Å². The molecule has 0 amide bonds. The average Bonchev–Trinajstić information content (AvgIpc) is 2.66. The number of nitrogens with one attached hydrogen (secondary N) is 1. The van der Waals surface area contributed by atoms with E-state index in [-0.39, 0.29) is 18.0 Å². The number of rotatable bonds is 7. The summed E-state index contributed by atoms with van der Waals surface area (Å²) in [5.74, 6) is -0.646. The van der Waals surface area contributed by atoms with Crippen molar-refractivity contribution in [1.82, 2.24) is 0 Å².